The number of rotatable bonds is 3. The summed E-state index contributed by atoms with van der Waals surface area (Å²) < 4.78 is 13.5. The maximum Gasteiger partial charge on any atom is 0.255 e. The number of hydrogen-bond donors (Lipinski definition) is 2. The van der Waals surface area contributed by atoms with Gasteiger partial charge in [-0.05, 0) is 48.9 Å². The fraction of sp³-hybridized carbons (Fsp3) is 0.0667. The van der Waals surface area contributed by atoms with Gasteiger partial charge in [-0.25, -0.2) is 4.39 Å². The third kappa shape index (κ3) is 3.56. The van der Waals surface area contributed by atoms with Crippen molar-refractivity contribution in [1.82, 2.24) is 0 Å². The second kappa shape index (κ2) is 6.20. The molecule has 2 aromatic rings. The van der Waals surface area contributed by atoms with E-state index in [4.69, 9.17) is 29.6 Å². The summed E-state index contributed by atoms with van der Waals surface area (Å²) in [5, 5.41) is 3.23. The number of aryl methyl sites for hydroxylation is 1. The predicted octanol–water partition coefficient (Wildman–Crippen LogP) is 3.67. The van der Waals surface area contributed by atoms with Gasteiger partial charge < -0.3 is 11.1 Å². The summed E-state index contributed by atoms with van der Waals surface area (Å²) in [6.45, 7) is 1.78. The average molecular weight is 323 g/mol. The Hall–Kier alpha value is -1.98. The number of nitrogens with one attached hydrogen (secondary N) is 1. The van der Waals surface area contributed by atoms with Crippen molar-refractivity contribution >= 4 is 40.4 Å². The Bertz CT molecular complexity index is 734. The van der Waals surface area contributed by atoms with Crippen LogP contribution >= 0.6 is 23.8 Å². The minimum absolute atomic E-state index is 0.0636. The highest BCUT2D eigenvalue weighted by Gasteiger charge is 2.12. The molecule has 0 aliphatic carbocycles. The molecule has 0 saturated carbocycles. The van der Waals surface area contributed by atoms with E-state index in [1.807, 2.05) is 0 Å². The van der Waals surface area contributed by atoms with E-state index >= 15 is 0 Å². The summed E-state index contributed by atoms with van der Waals surface area (Å²) in [6, 6.07) is 9.01. The van der Waals surface area contributed by atoms with E-state index in [0.29, 0.717) is 16.3 Å². The third-order valence-electron chi connectivity index (χ3n) is 2.92. The number of nitrogens with two attached hydrogens (primary N) is 1. The highest BCUT2D eigenvalue weighted by Crippen LogP contribution is 2.19. The van der Waals surface area contributed by atoms with E-state index in [0.717, 1.165) is 5.56 Å². The van der Waals surface area contributed by atoms with Crippen molar-refractivity contribution in [2.45, 2.75) is 6.92 Å². The molecular weight excluding hydrogens is 311 g/mol. The van der Waals surface area contributed by atoms with Crippen molar-refractivity contribution in [1.29, 1.82) is 0 Å². The lowest BCUT2D eigenvalue weighted by atomic mass is 10.1. The summed E-state index contributed by atoms with van der Waals surface area (Å²) in [5.74, 6) is -0.840. The van der Waals surface area contributed by atoms with Gasteiger partial charge in [0.15, 0.2) is 0 Å². The van der Waals surface area contributed by atoms with Crippen LogP contribution in [0.5, 0.6) is 0 Å². The van der Waals surface area contributed by atoms with Crippen LogP contribution in [0.1, 0.15) is 21.5 Å². The van der Waals surface area contributed by atoms with Gasteiger partial charge in [0.05, 0.1) is 0 Å². The zero-order chi connectivity index (χ0) is 15.6. The van der Waals surface area contributed by atoms with E-state index in [1.165, 1.54) is 18.2 Å². The molecule has 2 aromatic carbocycles. The number of thiocarbonyl (C=S) groups is 1. The van der Waals surface area contributed by atoms with Gasteiger partial charge >= 0.3 is 0 Å². The van der Waals surface area contributed by atoms with Crippen molar-refractivity contribution < 1.29 is 9.18 Å². The van der Waals surface area contributed by atoms with Crippen molar-refractivity contribution in [3.63, 3.8) is 0 Å². The number of halogens is 2. The highest BCUT2D eigenvalue weighted by atomic mass is 35.5. The summed E-state index contributed by atoms with van der Waals surface area (Å²) in [7, 11) is 0. The number of anilines is 1. The Morgan fingerprint density at radius 2 is 1.95 bits per heavy atom. The third-order valence-corrected chi connectivity index (χ3v) is 3.38. The molecule has 0 saturated heterocycles. The predicted molar refractivity (Wildman–Crippen MR) is 86.4 cm³/mol. The van der Waals surface area contributed by atoms with Gasteiger partial charge in [-0.1, -0.05) is 23.8 Å². The van der Waals surface area contributed by atoms with Crippen LogP contribution in [0.4, 0.5) is 10.1 Å². The molecule has 6 heteroatoms. The normalized spacial score (nSPS) is 10.2. The Kier molecular flexibility index (Phi) is 4.55. The van der Waals surface area contributed by atoms with Crippen LogP contribution in [0.25, 0.3) is 0 Å². The van der Waals surface area contributed by atoms with Crippen molar-refractivity contribution in [3.8, 4) is 0 Å². The molecule has 0 aliphatic heterocycles. The van der Waals surface area contributed by atoms with Crippen LogP contribution in [0.3, 0.4) is 0 Å². The fourth-order valence-corrected chi connectivity index (χ4v) is 2.26. The quantitative estimate of drug-likeness (QED) is 0.848. The largest absolute Gasteiger partial charge is 0.389 e. The molecule has 0 spiro atoms. The van der Waals surface area contributed by atoms with E-state index in [9.17, 15) is 9.18 Å². The lowest BCUT2D eigenvalue weighted by Crippen LogP contribution is -2.16. The molecule has 21 heavy (non-hydrogen) atoms. The number of carbonyl (C=O) groups is 1. The zero-order valence-electron chi connectivity index (χ0n) is 11.1. The topological polar surface area (TPSA) is 55.1 Å². The van der Waals surface area contributed by atoms with E-state index in [2.05, 4.69) is 5.32 Å². The van der Waals surface area contributed by atoms with Gasteiger partial charge in [0.2, 0.25) is 0 Å². The molecule has 3 nitrogen and oxygen atoms in total. The smallest absolute Gasteiger partial charge is 0.255 e. The van der Waals surface area contributed by atoms with Crippen LogP contribution in [-0.2, 0) is 0 Å². The van der Waals surface area contributed by atoms with Crippen LogP contribution in [0.15, 0.2) is 36.4 Å². The molecule has 0 fully saturated rings. The lowest BCUT2D eigenvalue weighted by molar-refractivity contribution is 0.102. The number of amides is 1. The second-order valence-corrected chi connectivity index (χ2v) is 5.35. The van der Waals surface area contributed by atoms with Gasteiger partial charge in [-0.3, -0.25) is 4.79 Å². The molecule has 3 N–H and O–H groups in total. The maximum atomic E-state index is 13.5. The van der Waals surface area contributed by atoms with Crippen molar-refractivity contribution in [2.24, 2.45) is 5.73 Å². The zero-order valence-corrected chi connectivity index (χ0v) is 12.7. The molecule has 0 bridgehead atoms. The van der Waals surface area contributed by atoms with Gasteiger partial charge in [0, 0.05) is 21.8 Å². The summed E-state index contributed by atoms with van der Waals surface area (Å²) in [4.78, 5) is 12.1. The van der Waals surface area contributed by atoms with E-state index < -0.39 is 5.82 Å². The first-order chi connectivity index (χ1) is 9.88. The summed E-state index contributed by atoms with van der Waals surface area (Å²) in [5.41, 5.74) is 7.17. The monoisotopic (exact) mass is 322 g/mol. The van der Waals surface area contributed by atoms with Crippen LogP contribution < -0.4 is 11.1 Å². The Balaban J connectivity index is 2.27. The van der Waals surface area contributed by atoms with Crippen LogP contribution in [0.2, 0.25) is 5.02 Å². The molecule has 1 amide bonds. The van der Waals surface area contributed by atoms with E-state index in [1.54, 1.807) is 25.1 Å². The average Bonchev–Trinajstić information content (AvgIpc) is 2.40. The Labute approximate surface area is 131 Å². The standard InChI is InChI=1S/C15H12ClFN2OS/c1-8-6-9(16)2-4-11(8)15(20)19-10-3-5-13(17)12(7-10)14(18)21/h2-7H,1H3,(H2,18,21)(H,19,20). The minimum atomic E-state index is -0.525. The van der Waals surface area contributed by atoms with Crippen LogP contribution in [0, 0.1) is 12.7 Å². The van der Waals surface area contributed by atoms with Gasteiger partial charge in [-0.2, -0.15) is 0 Å². The second-order valence-electron chi connectivity index (χ2n) is 4.47. The highest BCUT2D eigenvalue weighted by molar-refractivity contribution is 7.80. The molecule has 0 aromatic heterocycles. The number of hydrogen-bond acceptors (Lipinski definition) is 2. The molecule has 108 valence electrons. The van der Waals surface area contributed by atoms with E-state index in [-0.39, 0.29) is 16.5 Å². The summed E-state index contributed by atoms with van der Waals surface area (Å²) in [6.07, 6.45) is 0. The van der Waals surface area contributed by atoms with Crippen molar-refractivity contribution in [3.05, 3.63) is 63.9 Å². The van der Waals surface area contributed by atoms with Gasteiger partial charge in [0.1, 0.15) is 10.8 Å². The minimum Gasteiger partial charge on any atom is -0.389 e. The SMILES string of the molecule is Cc1cc(Cl)ccc1C(=O)Nc1ccc(F)c(C(N)=S)c1. The number of carbonyl (C=O) groups excluding carboxylic acids is 1. The first-order valence-electron chi connectivity index (χ1n) is 6.05. The number of benzene rings is 2. The first-order valence-corrected chi connectivity index (χ1v) is 6.84. The lowest BCUT2D eigenvalue weighted by Gasteiger charge is -2.09. The first kappa shape index (κ1) is 15.4. The Morgan fingerprint density at radius 1 is 1.24 bits per heavy atom. The van der Waals surface area contributed by atoms with Gasteiger partial charge in [0.25, 0.3) is 5.91 Å². The van der Waals surface area contributed by atoms with Crippen LogP contribution in [-0.4, -0.2) is 10.9 Å². The molecule has 2 rings (SSSR count). The molecule has 0 unspecified atom stereocenters. The van der Waals surface area contributed by atoms with Crippen molar-refractivity contribution in [2.75, 3.05) is 5.32 Å². The van der Waals surface area contributed by atoms with Gasteiger partial charge in [-0.15, -0.1) is 0 Å². The summed E-state index contributed by atoms with van der Waals surface area (Å²) >= 11 is 10.6. The molecule has 0 heterocycles. The fourth-order valence-electron chi connectivity index (χ4n) is 1.87. The molecular formula is C15H12ClFN2OS. The Morgan fingerprint density at radius 3 is 2.57 bits per heavy atom. The maximum absolute atomic E-state index is 13.5. The molecule has 0 atom stereocenters. The molecule has 0 radical (unpaired) electrons. The molecule has 0 aliphatic rings.